The molecule has 0 saturated heterocycles. The van der Waals surface area contributed by atoms with Crippen LogP contribution >= 0.6 is 0 Å². The minimum atomic E-state index is -1.25. The molecule has 0 aliphatic carbocycles. The molecule has 0 bridgehead atoms. The molecule has 2 aromatic rings. The lowest BCUT2D eigenvalue weighted by atomic mass is 9.99. The van der Waals surface area contributed by atoms with Crippen LogP contribution in [0, 0.1) is 23.0 Å². The number of benzene rings is 2. The Morgan fingerprint density at radius 2 is 1.84 bits per heavy atom. The molecular formula is C23H25N3O5. The quantitative estimate of drug-likeness (QED) is 0.533. The highest BCUT2D eigenvalue weighted by Crippen LogP contribution is 2.34. The summed E-state index contributed by atoms with van der Waals surface area (Å²) in [6, 6.07) is 10.8. The fourth-order valence-electron chi connectivity index (χ4n) is 3.59. The van der Waals surface area contributed by atoms with Crippen LogP contribution in [0.15, 0.2) is 54.9 Å². The lowest BCUT2D eigenvalue weighted by Gasteiger charge is -2.37. The van der Waals surface area contributed by atoms with Crippen molar-refractivity contribution in [2.45, 2.75) is 33.2 Å². The van der Waals surface area contributed by atoms with Gasteiger partial charge in [-0.2, -0.15) is 0 Å². The maximum atomic E-state index is 13.3. The van der Waals surface area contributed by atoms with Crippen molar-refractivity contribution in [3.63, 3.8) is 0 Å². The summed E-state index contributed by atoms with van der Waals surface area (Å²) in [5, 5.41) is 20.9. The van der Waals surface area contributed by atoms with Gasteiger partial charge >= 0.3 is 5.97 Å². The molecule has 1 atom stereocenters. The van der Waals surface area contributed by atoms with E-state index < -0.39 is 16.9 Å². The van der Waals surface area contributed by atoms with Crippen molar-refractivity contribution in [2.75, 3.05) is 11.4 Å². The van der Waals surface area contributed by atoms with Gasteiger partial charge in [0.1, 0.15) is 11.7 Å². The molecule has 3 rings (SSSR count). The van der Waals surface area contributed by atoms with Gasteiger partial charge in [0.25, 0.3) is 5.69 Å². The van der Waals surface area contributed by atoms with Crippen LogP contribution in [-0.2, 0) is 11.2 Å². The summed E-state index contributed by atoms with van der Waals surface area (Å²) in [7, 11) is 0. The van der Waals surface area contributed by atoms with Crippen LogP contribution in [0.3, 0.4) is 0 Å². The Labute approximate surface area is 180 Å². The summed E-state index contributed by atoms with van der Waals surface area (Å²) < 4.78 is 0. The van der Waals surface area contributed by atoms with E-state index in [0.717, 1.165) is 17.2 Å². The molecule has 0 spiro atoms. The largest absolute Gasteiger partial charge is 0.478 e. The van der Waals surface area contributed by atoms with E-state index in [9.17, 15) is 24.8 Å². The maximum Gasteiger partial charge on any atom is 0.335 e. The molecule has 1 N–H and O–H groups in total. The monoisotopic (exact) mass is 423 g/mol. The number of hydrogen-bond acceptors (Lipinski definition) is 5. The zero-order valence-electron chi connectivity index (χ0n) is 17.7. The van der Waals surface area contributed by atoms with Crippen LogP contribution in [0.1, 0.15) is 35.3 Å². The van der Waals surface area contributed by atoms with E-state index in [-0.39, 0.29) is 28.8 Å². The predicted octanol–water partition coefficient (Wildman–Crippen LogP) is 3.99. The van der Waals surface area contributed by atoms with Gasteiger partial charge < -0.3 is 14.9 Å². The van der Waals surface area contributed by atoms with Gasteiger partial charge in [-0.05, 0) is 30.5 Å². The standard InChI is InChI=1S/C23H25N3O5/c1-15(2)14-24-10-11-25(19-9-8-18(23(28)29)13-20(19)26(30)31)21(22(24)27)12-17-6-4-16(3)5-7-17/h4-11,13,15,21H,12,14H2,1-3H3,(H,28,29)/t21-/m0/s1. The molecule has 1 aliphatic rings. The molecule has 8 heteroatoms. The van der Waals surface area contributed by atoms with Crippen molar-refractivity contribution in [2.24, 2.45) is 5.92 Å². The average Bonchev–Trinajstić information content (AvgIpc) is 2.71. The van der Waals surface area contributed by atoms with Crippen molar-refractivity contribution < 1.29 is 19.6 Å². The smallest absolute Gasteiger partial charge is 0.335 e. The lowest BCUT2D eigenvalue weighted by Crippen LogP contribution is -2.51. The number of carbonyl (C=O) groups is 2. The van der Waals surface area contributed by atoms with Crippen LogP contribution in [-0.4, -0.2) is 39.4 Å². The highest BCUT2D eigenvalue weighted by Gasteiger charge is 2.35. The normalized spacial score (nSPS) is 16.1. The predicted molar refractivity (Wildman–Crippen MR) is 117 cm³/mol. The van der Waals surface area contributed by atoms with Crippen molar-refractivity contribution >= 4 is 23.3 Å². The Hall–Kier alpha value is -3.68. The lowest BCUT2D eigenvalue weighted by molar-refractivity contribution is -0.384. The number of carbonyl (C=O) groups excluding carboxylic acids is 1. The molecule has 0 fully saturated rings. The number of hydrogen-bond donors (Lipinski definition) is 1. The number of nitro benzene ring substituents is 1. The van der Waals surface area contributed by atoms with Crippen LogP contribution in [0.4, 0.5) is 11.4 Å². The fourth-order valence-corrected chi connectivity index (χ4v) is 3.59. The second kappa shape index (κ2) is 8.99. The van der Waals surface area contributed by atoms with Crippen LogP contribution in [0.2, 0.25) is 0 Å². The second-order valence-electron chi connectivity index (χ2n) is 8.06. The molecule has 31 heavy (non-hydrogen) atoms. The van der Waals surface area contributed by atoms with Crippen molar-refractivity contribution in [3.8, 4) is 0 Å². The van der Waals surface area contributed by atoms with Gasteiger partial charge in [-0.25, -0.2) is 4.79 Å². The van der Waals surface area contributed by atoms with Gasteiger partial charge in [0.15, 0.2) is 0 Å². The topological polar surface area (TPSA) is 104 Å². The average molecular weight is 423 g/mol. The van der Waals surface area contributed by atoms with E-state index in [4.69, 9.17) is 0 Å². The number of aromatic carboxylic acids is 1. The van der Waals surface area contributed by atoms with Gasteiger partial charge in [-0.3, -0.25) is 14.9 Å². The highest BCUT2D eigenvalue weighted by atomic mass is 16.6. The summed E-state index contributed by atoms with van der Waals surface area (Å²) in [6.07, 6.45) is 3.64. The van der Waals surface area contributed by atoms with Crippen molar-refractivity contribution in [3.05, 3.63) is 81.7 Å². The number of anilines is 1. The zero-order valence-corrected chi connectivity index (χ0v) is 17.7. The Kier molecular flexibility index (Phi) is 6.39. The van der Waals surface area contributed by atoms with Gasteiger partial charge in [0.2, 0.25) is 5.91 Å². The number of carboxylic acid groups (broad SMARTS) is 1. The minimum absolute atomic E-state index is 0.159. The summed E-state index contributed by atoms with van der Waals surface area (Å²) in [4.78, 5) is 38.9. The first-order chi connectivity index (χ1) is 14.7. The molecule has 0 aromatic heterocycles. The minimum Gasteiger partial charge on any atom is -0.478 e. The number of carboxylic acids is 1. The maximum absolute atomic E-state index is 13.3. The molecule has 162 valence electrons. The van der Waals surface area contributed by atoms with E-state index in [1.54, 1.807) is 22.2 Å². The third-order valence-electron chi connectivity index (χ3n) is 5.12. The Bertz CT molecular complexity index is 1030. The van der Waals surface area contributed by atoms with Gasteiger partial charge in [-0.15, -0.1) is 0 Å². The summed E-state index contributed by atoms with van der Waals surface area (Å²) in [5.41, 5.74) is 1.67. The summed E-state index contributed by atoms with van der Waals surface area (Å²) in [6.45, 7) is 6.53. The van der Waals surface area contributed by atoms with Crippen molar-refractivity contribution in [1.29, 1.82) is 0 Å². The van der Waals surface area contributed by atoms with E-state index in [1.165, 1.54) is 12.1 Å². The number of aryl methyl sites for hydroxylation is 1. The Morgan fingerprint density at radius 3 is 2.42 bits per heavy atom. The molecule has 0 radical (unpaired) electrons. The van der Waals surface area contributed by atoms with Crippen LogP contribution in [0.25, 0.3) is 0 Å². The number of nitro groups is 1. The third-order valence-corrected chi connectivity index (χ3v) is 5.12. The summed E-state index contributed by atoms with van der Waals surface area (Å²) in [5.74, 6) is -1.16. The molecule has 1 amide bonds. The van der Waals surface area contributed by atoms with E-state index in [0.29, 0.717) is 13.0 Å². The van der Waals surface area contributed by atoms with Gasteiger partial charge in [0, 0.05) is 31.4 Å². The molecule has 0 saturated carbocycles. The van der Waals surface area contributed by atoms with Gasteiger partial charge in [0.05, 0.1) is 10.5 Å². The Morgan fingerprint density at radius 1 is 1.16 bits per heavy atom. The zero-order chi connectivity index (χ0) is 22.7. The molecule has 1 aliphatic heterocycles. The molecule has 1 heterocycles. The van der Waals surface area contributed by atoms with E-state index in [1.807, 2.05) is 45.0 Å². The first kappa shape index (κ1) is 22.0. The van der Waals surface area contributed by atoms with Crippen LogP contribution < -0.4 is 4.90 Å². The third kappa shape index (κ3) is 4.91. The van der Waals surface area contributed by atoms with E-state index >= 15 is 0 Å². The molecular weight excluding hydrogens is 398 g/mol. The van der Waals surface area contributed by atoms with Crippen LogP contribution in [0.5, 0.6) is 0 Å². The fraction of sp³-hybridized carbons (Fsp3) is 0.304. The first-order valence-electron chi connectivity index (χ1n) is 10.0. The second-order valence-corrected chi connectivity index (χ2v) is 8.06. The van der Waals surface area contributed by atoms with E-state index in [2.05, 4.69) is 0 Å². The SMILES string of the molecule is Cc1ccc(C[C@H]2C(=O)N(CC(C)C)C=CN2c2ccc(C(=O)O)cc2[N+](=O)[O-])cc1. The number of nitrogens with zero attached hydrogens (tertiary/aromatic N) is 3. The highest BCUT2D eigenvalue weighted by molar-refractivity contribution is 5.92. The molecule has 2 aromatic carbocycles. The number of rotatable bonds is 7. The van der Waals surface area contributed by atoms with Gasteiger partial charge in [-0.1, -0.05) is 43.7 Å². The molecule has 8 nitrogen and oxygen atoms in total. The summed E-state index contributed by atoms with van der Waals surface area (Å²) >= 11 is 0. The number of amides is 1. The van der Waals surface area contributed by atoms with Crippen molar-refractivity contribution in [1.82, 2.24) is 4.90 Å². The first-order valence-corrected chi connectivity index (χ1v) is 10.0. The molecule has 0 unspecified atom stereocenters. The Balaban J connectivity index is 2.06.